The molecule has 1 aliphatic rings. The number of primary amides is 1. The first-order chi connectivity index (χ1) is 15.9. The van der Waals surface area contributed by atoms with Crippen LogP contribution in [0.25, 0.3) is 10.9 Å². The number of nitrogens with zero attached hydrogens (tertiary/aromatic N) is 1. The number of rotatable bonds is 9. The predicted molar refractivity (Wildman–Crippen MR) is 120 cm³/mol. The second-order valence-corrected chi connectivity index (χ2v) is 8.52. The van der Waals surface area contributed by atoms with E-state index in [0.717, 1.165) is 35.0 Å². The number of hydroxylamine groups is 1. The molecule has 0 bridgehead atoms. The van der Waals surface area contributed by atoms with E-state index in [4.69, 9.17) is 15.7 Å². The van der Waals surface area contributed by atoms with E-state index >= 15 is 0 Å². The van der Waals surface area contributed by atoms with Gasteiger partial charge in [0.15, 0.2) is 11.6 Å². The van der Waals surface area contributed by atoms with E-state index in [9.17, 15) is 14.0 Å². The lowest BCUT2D eigenvalue weighted by Crippen LogP contribution is -2.33. The van der Waals surface area contributed by atoms with Crippen molar-refractivity contribution < 1.29 is 23.9 Å². The summed E-state index contributed by atoms with van der Waals surface area (Å²) in [5.41, 5.74) is 9.22. The number of amides is 2. The Bertz CT molecular complexity index is 1220. The number of benzene rings is 2. The highest BCUT2D eigenvalue weighted by molar-refractivity contribution is 5.95. The number of hydrogen-bond donors (Lipinski definition) is 3. The first-order valence-corrected chi connectivity index (χ1v) is 10.9. The highest BCUT2D eigenvalue weighted by atomic mass is 19.1. The van der Waals surface area contributed by atoms with E-state index in [-0.39, 0.29) is 25.2 Å². The molecule has 2 aromatic carbocycles. The van der Waals surface area contributed by atoms with Gasteiger partial charge in [-0.15, -0.1) is 0 Å². The Morgan fingerprint density at radius 1 is 1.27 bits per heavy atom. The summed E-state index contributed by atoms with van der Waals surface area (Å²) in [5.74, 6) is -2.52. The van der Waals surface area contributed by atoms with Gasteiger partial charge in [0.1, 0.15) is 6.61 Å². The van der Waals surface area contributed by atoms with Crippen molar-refractivity contribution in [2.75, 3.05) is 0 Å². The minimum Gasteiger partial charge on any atom is -0.486 e. The summed E-state index contributed by atoms with van der Waals surface area (Å²) in [6.45, 7) is 2.27. The molecule has 0 unspecified atom stereocenters. The van der Waals surface area contributed by atoms with Crippen molar-refractivity contribution in [1.29, 1.82) is 0 Å². The van der Waals surface area contributed by atoms with Crippen molar-refractivity contribution in [1.82, 2.24) is 10.5 Å². The Morgan fingerprint density at radius 2 is 2.06 bits per heavy atom. The largest absolute Gasteiger partial charge is 0.486 e. The zero-order valence-corrected chi connectivity index (χ0v) is 18.3. The van der Waals surface area contributed by atoms with Gasteiger partial charge in [-0.2, -0.15) is 0 Å². The molecule has 33 heavy (non-hydrogen) atoms. The zero-order chi connectivity index (χ0) is 23.6. The topological polar surface area (TPSA) is 115 Å². The smallest absolute Gasteiger partial charge is 0.247 e. The summed E-state index contributed by atoms with van der Waals surface area (Å²) in [6.07, 6.45) is 2.13. The second-order valence-electron chi connectivity index (χ2n) is 8.52. The summed E-state index contributed by atoms with van der Waals surface area (Å²) in [7, 11) is 0. The second kappa shape index (κ2) is 9.15. The maximum absolute atomic E-state index is 14.8. The van der Waals surface area contributed by atoms with Crippen molar-refractivity contribution in [2.45, 2.75) is 39.2 Å². The lowest BCUT2D eigenvalue weighted by Gasteiger charge is -2.15. The molecular weight excluding hydrogens is 425 g/mol. The SMILES string of the molecule is CCCc1cc(COc2ccc(C[C@]3(C(N)=O)C[C@@H]3C(=O)NO)cc2F)c2ccccc2n1. The standard InChI is InChI=1S/C25H26FN3O4/c1-2-5-17-11-16(18-6-3-4-7-21(18)28-17)14-33-22-9-8-15(10-20(22)26)12-25(24(27)31)13-19(25)23(30)29-32/h3-4,6-11,19,32H,2,5,12-14H2,1H3,(H2,27,31)(H,29,30)/t19-,25+/m1/s1. The van der Waals surface area contributed by atoms with E-state index < -0.39 is 29.0 Å². The summed E-state index contributed by atoms with van der Waals surface area (Å²) in [5, 5.41) is 9.80. The van der Waals surface area contributed by atoms with Crippen LogP contribution in [-0.2, 0) is 29.0 Å². The van der Waals surface area contributed by atoms with E-state index in [2.05, 4.69) is 11.9 Å². The van der Waals surface area contributed by atoms with Crippen LogP contribution in [0.15, 0.2) is 48.5 Å². The molecule has 2 atom stereocenters. The maximum atomic E-state index is 14.8. The van der Waals surface area contributed by atoms with E-state index in [1.54, 1.807) is 11.5 Å². The van der Waals surface area contributed by atoms with Crippen molar-refractivity contribution in [3.05, 3.63) is 71.2 Å². The third kappa shape index (κ3) is 4.52. The molecular formula is C25H26FN3O4. The number of carbonyl (C=O) groups is 2. The minimum absolute atomic E-state index is 0.0882. The molecule has 0 spiro atoms. The van der Waals surface area contributed by atoms with E-state index in [1.807, 2.05) is 30.3 Å². The number of nitrogens with one attached hydrogen (secondary N) is 1. The van der Waals surface area contributed by atoms with Gasteiger partial charge in [-0.25, -0.2) is 9.87 Å². The number of hydrogen-bond acceptors (Lipinski definition) is 5. The Labute approximate surface area is 190 Å². The van der Waals surface area contributed by atoms with Crippen LogP contribution >= 0.6 is 0 Å². The van der Waals surface area contributed by atoms with Gasteiger partial charge in [-0.3, -0.25) is 19.8 Å². The molecule has 172 valence electrons. The molecule has 2 amide bonds. The third-order valence-corrected chi connectivity index (χ3v) is 6.25. The molecule has 4 rings (SSSR count). The predicted octanol–water partition coefficient (Wildman–Crippen LogP) is 3.44. The number of nitrogens with two attached hydrogens (primary N) is 1. The molecule has 1 fully saturated rings. The van der Waals surface area contributed by atoms with Gasteiger partial charge in [-0.05, 0) is 49.1 Å². The van der Waals surface area contributed by atoms with Crippen LogP contribution in [0, 0.1) is 17.2 Å². The molecule has 1 saturated carbocycles. The minimum atomic E-state index is -1.12. The number of para-hydroxylation sites is 1. The summed E-state index contributed by atoms with van der Waals surface area (Å²) in [6, 6.07) is 14.2. The van der Waals surface area contributed by atoms with Crippen LogP contribution in [-0.4, -0.2) is 22.0 Å². The lowest BCUT2D eigenvalue weighted by atomic mass is 9.92. The Balaban J connectivity index is 1.51. The number of carbonyl (C=O) groups excluding carboxylic acids is 2. The fourth-order valence-corrected chi connectivity index (χ4v) is 4.38. The van der Waals surface area contributed by atoms with Crippen LogP contribution in [0.4, 0.5) is 4.39 Å². The highest BCUT2D eigenvalue weighted by Gasteiger charge is 2.62. The first kappa shape index (κ1) is 22.7. The van der Waals surface area contributed by atoms with Gasteiger partial charge in [0.25, 0.3) is 0 Å². The molecule has 0 radical (unpaired) electrons. The molecule has 1 aromatic heterocycles. The average molecular weight is 451 g/mol. The van der Waals surface area contributed by atoms with Gasteiger partial charge in [-0.1, -0.05) is 37.6 Å². The molecule has 1 heterocycles. The van der Waals surface area contributed by atoms with Crippen molar-refractivity contribution in [3.8, 4) is 5.75 Å². The maximum Gasteiger partial charge on any atom is 0.247 e. The van der Waals surface area contributed by atoms with E-state index in [1.165, 1.54) is 12.1 Å². The fraction of sp³-hybridized carbons (Fsp3) is 0.320. The summed E-state index contributed by atoms with van der Waals surface area (Å²) < 4.78 is 20.6. The third-order valence-electron chi connectivity index (χ3n) is 6.25. The first-order valence-electron chi connectivity index (χ1n) is 10.9. The van der Waals surface area contributed by atoms with Gasteiger partial charge in [0, 0.05) is 16.6 Å². The van der Waals surface area contributed by atoms with Crippen LogP contribution < -0.4 is 16.0 Å². The molecule has 4 N–H and O–H groups in total. The number of ether oxygens (including phenoxy) is 1. The molecule has 1 aliphatic carbocycles. The van der Waals surface area contributed by atoms with E-state index in [0.29, 0.717) is 5.56 Å². The van der Waals surface area contributed by atoms with Crippen molar-refractivity contribution >= 4 is 22.7 Å². The van der Waals surface area contributed by atoms with Gasteiger partial charge >= 0.3 is 0 Å². The average Bonchev–Trinajstić information content (AvgIpc) is 3.53. The molecule has 3 aromatic rings. The monoisotopic (exact) mass is 451 g/mol. The number of halogens is 1. The number of fused-ring (bicyclic) bond motifs is 1. The Morgan fingerprint density at radius 3 is 2.76 bits per heavy atom. The summed E-state index contributed by atoms with van der Waals surface area (Å²) in [4.78, 5) is 28.3. The molecule has 7 nitrogen and oxygen atoms in total. The molecule has 0 aliphatic heterocycles. The molecule has 0 saturated heterocycles. The molecule has 8 heteroatoms. The van der Waals surface area contributed by atoms with Gasteiger partial charge in [0.05, 0.1) is 16.8 Å². The highest BCUT2D eigenvalue weighted by Crippen LogP contribution is 2.54. The van der Waals surface area contributed by atoms with Gasteiger partial charge in [0.2, 0.25) is 11.8 Å². The van der Waals surface area contributed by atoms with Crippen molar-refractivity contribution in [2.24, 2.45) is 17.1 Å². The Hall–Kier alpha value is -3.52. The lowest BCUT2D eigenvalue weighted by molar-refractivity contribution is -0.134. The zero-order valence-electron chi connectivity index (χ0n) is 18.3. The number of aromatic nitrogens is 1. The quantitative estimate of drug-likeness (QED) is 0.341. The van der Waals surface area contributed by atoms with Crippen LogP contribution in [0.1, 0.15) is 36.6 Å². The van der Waals surface area contributed by atoms with Crippen LogP contribution in [0.2, 0.25) is 0 Å². The fourth-order valence-electron chi connectivity index (χ4n) is 4.38. The van der Waals surface area contributed by atoms with Crippen LogP contribution in [0.3, 0.4) is 0 Å². The Kier molecular flexibility index (Phi) is 6.29. The summed E-state index contributed by atoms with van der Waals surface area (Å²) >= 11 is 0. The number of pyridine rings is 1. The van der Waals surface area contributed by atoms with Crippen LogP contribution in [0.5, 0.6) is 5.75 Å². The normalized spacial score (nSPS) is 19.3. The van der Waals surface area contributed by atoms with Crippen molar-refractivity contribution in [3.63, 3.8) is 0 Å². The van der Waals surface area contributed by atoms with Gasteiger partial charge < -0.3 is 10.5 Å². The number of aryl methyl sites for hydroxylation is 1.